The maximum absolute atomic E-state index is 13.1. The Morgan fingerprint density at radius 3 is 2.51 bits per heavy atom. The van der Waals surface area contributed by atoms with Gasteiger partial charge in [-0.1, -0.05) is 58.4 Å². The number of nitrogens with one attached hydrogen (secondary N) is 1. The summed E-state index contributed by atoms with van der Waals surface area (Å²) < 4.78 is 2.32. The number of aliphatic carboxylic acids is 1. The van der Waals surface area contributed by atoms with E-state index in [1.165, 1.54) is 17.7 Å². The molecular weight excluding hydrogens is 458 g/mol. The van der Waals surface area contributed by atoms with Gasteiger partial charge in [-0.25, -0.2) is 9.78 Å². The van der Waals surface area contributed by atoms with E-state index < -0.39 is 12.0 Å². The van der Waals surface area contributed by atoms with Crippen molar-refractivity contribution in [3.63, 3.8) is 0 Å². The van der Waals surface area contributed by atoms with Crippen LogP contribution in [0.15, 0.2) is 35.7 Å². The monoisotopic (exact) mass is 495 g/mol. The lowest BCUT2D eigenvalue weighted by molar-refractivity contribution is -0.139. The molecule has 0 spiro atoms. The molecule has 1 atom stereocenters. The standard InChI is InChI=1S/C28H37N3O3S/c1-3-21(4-2)31-25-14-13-20(17-23(25)29-26(31)18-22-12-9-15-35-22)27(32)30-24(28(33)34)16-19-10-7-5-6-8-11-19/h9,12-15,17,19,21,24H,3-8,10-11,16,18H2,1-2H3,(H,30,32)(H,33,34)/t24-/m0/s1. The van der Waals surface area contributed by atoms with E-state index in [0.29, 0.717) is 23.9 Å². The Labute approximate surface area is 211 Å². The van der Waals surface area contributed by atoms with Gasteiger partial charge in [-0.3, -0.25) is 4.79 Å². The first-order chi connectivity index (χ1) is 17.0. The molecule has 1 aliphatic rings. The first-order valence-electron chi connectivity index (χ1n) is 13.1. The maximum atomic E-state index is 13.1. The molecule has 0 unspecified atom stereocenters. The molecule has 0 aliphatic heterocycles. The Morgan fingerprint density at radius 1 is 1.14 bits per heavy atom. The van der Waals surface area contributed by atoms with Crippen LogP contribution in [-0.2, 0) is 11.2 Å². The number of carbonyl (C=O) groups is 2. The number of amides is 1. The lowest BCUT2D eigenvalue weighted by Crippen LogP contribution is -2.42. The third-order valence-electron chi connectivity index (χ3n) is 7.39. The van der Waals surface area contributed by atoms with Gasteiger partial charge >= 0.3 is 5.97 Å². The third kappa shape index (κ3) is 6.13. The van der Waals surface area contributed by atoms with E-state index in [2.05, 4.69) is 41.2 Å². The van der Waals surface area contributed by atoms with Crippen LogP contribution in [0.25, 0.3) is 11.0 Å². The van der Waals surface area contributed by atoms with Crippen molar-refractivity contribution >= 4 is 34.2 Å². The van der Waals surface area contributed by atoms with Crippen molar-refractivity contribution in [1.29, 1.82) is 0 Å². The zero-order valence-electron chi connectivity index (χ0n) is 20.8. The third-order valence-corrected chi connectivity index (χ3v) is 8.27. The van der Waals surface area contributed by atoms with Crippen molar-refractivity contribution in [2.24, 2.45) is 5.92 Å². The highest BCUT2D eigenvalue weighted by molar-refractivity contribution is 7.09. The second-order valence-electron chi connectivity index (χ2n) is 9.79. The molecule has 0 bridgehead atoms. The maximum Gasteiger partial charge on any atom is 0.326 e. The molecule has 3 aromatic rings. The summed E-state index contributed by atoms with van der Waals surface area (Å²) in [7, 11) is 0. The normalized spacial score (nSPS) is 15.9. The molecule has 4 rings (SSSR count). The molecule has 7 heteroatoms. The highest BCUT2D eigenvalue weighted by Gasteiger charge is 2.26. The number of nitrogens with zero attached hydrogens (tertiary/aromatic N) is 2. The Kier molecular flexibility index (Phi) is 8.60. The van der Waals surface area contributed by atoms with Gasteiger partial charge in [0.1, 0.15) is 11.9 Å². The topological polar surface area (TPSA) is 84.2 Å². The molecule has 1 aromatic carbocycles. The summed E-state index contributed by atoms with van der Waals surface area (Å²) in [5, 5.41) is 14.7. The van der Waals surface area contributed by atoms with Gasteiger partial charge in [-0.2, -0.15) is 0 Å². The molecule has 35 heavy (non-hydrogen) atoms. The summed E-state index contributed by atoms with van der Waals surface area (Å²) >= 11 is 1.72. The Morgan fingerprint density at radius 2 is 1.89 bits per heavy atom. The molecule has 2 N–H and O–H groups in total. The van der Waals surface area contributed by atoms with E-state index in [1.807, 2.05) is 12.1 Å². The molecule has 2 aromatic heterocycles. The quantitative estimate of drug-likeness (QED) is 0.311. The Balaban J connectivity index is 1.57. The molecule has 6 nitrogen and oxygen atoms in total. The smallest absolute Gasteiger partial charge is 0.326 e. The molecule has 1 amide bonds. The fourth-order valence-corrected chi connectivity index (χ4v) is 6.14. The van der Waals surface area contributed by atoms with Gasteiger partial charge in [-0.05, 0) is 54.8 Å². The second kappa shape index (κ2) is 11.8. The first-order valence-corrected chi connectivity index (χ1v) is 13.9. The van der Waals surface area contributed by atoms with Crippen LogP contribution in [0.3, 0.4) is 0 Å². The molecule has 1 saturated carbocycles. The van der Waals surface area contributed by atoms with Crippen LogP contribution in [0.5, 0.6) is 0 Å². The lowest BCUT2D eigenvalue weighted by Gasteiger charge is -2.21. The number of rotatable bonds is 10. The van der Waals surface area contributed by atoms with Crippen LogP contribution < -0.4 is 5.32 Å². The fraction of sp³-hybridized carbons (Fsp3) is 0.536. The van der Waals surface area contributed by atoms with E-state index in [4.69, 9.17) is 4.98 Å². The number of aromatic nitrogens is 2. The van der Waals surface area contributed by atoms with Crippen molar-refractivity contribution in [2.45, 2.75) is 90.1 Å². The van der Waals surface area contributed by atoms with Crippen LogP contribution >= 0.6 is 11.3 Å². The first kappa shape index (κ1) is 25.4. The number of fused-ring (bicyclic) bond motifs is 1. The van der Waals surface area contributed by atoms with Gasteiger partial charge < -0.3 is 15.0 Å². The number of carboxylic acids is 1. The predicted octanol–water partition coefficient (Wildman–Crippen LogP) is 6.59. The predicted molar refractivity (Wildman–Crippen MR) is 141 cm³/mol. The van der Waals surface area contributed by atoms with Crippen LogP contribution in [-0.4, -0.2) is 32.6 Å². The summed E-state index contributed by atoms with van der Waals surface area (Å²) in [5.74, 6) is 0.0622. The molecule has 1 aliphatic carbocycles. The molecule has 0 radical (unpaired) electrons. The second-order valence-corrected chi connectivity index (χ2v) is 10.8. The minimum atomic E-state index is -0.958. The Bertz CT molecular complexity index is 1130. The average molecular weight is 496 g/mol. The van der Waals surface area contributed by atoms with E-state index in [0.717, 1.165) is 61.8 Å². The Hall–Kier alpha value is -2.67. The van der Waals surface area contributed by atoms with Gasteiger partial charge in [0, 0.05) is 22.9 Å². The molecule has 188 valence electrons. The summed E-state index contributed by atoms with van der Waals surface area (Å²) in [6.45, 7) is 4.38. The van der Waals surface area contributed by atoms with Gasteiger partial charge in [0.15, 0.2) is 0 Å². The number of thiophene rings is 1. The van der Waals surface area contributed by atoms with Gasteiger partial charge in [0.05, 0.1) is 11.0 Å². The largest absolute Gasteiger partial charge is 0.480 e. The van der Waals surface area contributed by atoms with Crippen LogP contribution in [0.4, 0.5) is 0 Å². The number of hydrogen-bond acceptors (Lipinski definition) is 4. The molecule has 0 saturated heterocycles. The van der Waals surface area contributed by atoms with Crippen molar-refractivity contribution in [3.05, 3.63) is 52.0 Å². The SMILES string of the molecule is CCC(CC)n1c(Cc2cccs2)nc2cc(C(=O)N[C@@H](CC3CCCCCC3)C(=O)O)ccc21. The van der Waals surface area contributed by atoms with E-state index >= 15 is 0 Å². The zero-order chi connectivity index (χ0) is 24.8. The zero-order valence-corrected chi connectivity index (χ0v) is 21.7. The number of benzene rings is 1. The minimum absolute atomic E-state index is 0.339. The summed E-state index contributed by atoms with van der Waals surface area (Å²) in [6, 6.07) is 9.24. The lowest BCUT2D eigenvalue weighted by atomic mass is 9.92. The molecule has 2 heterocycles. The van der Waals surface area contributed by atoms with Crippen LogP contribution in [0, 0.1) is 5.92 Å². The average Bonchev–Trinajstić information content (AvgIpc) is 3.40. The van der Waals surface area contributed by atoms with E-state index in [-0.39, 0.29) is 5.91 Å². The summed E-state index contributed by atoms with van der Waals surface area (Å²) in [4.78, 5) is 31.2. The highest BCUT2D eigenvalue weighted by Crippen LogP contribution is 2.29. The number of imidazole rings is 1. The highest BCUT2D eigenvalue weighted by atomic mass is 32.1. The minimum Gasteiger partial charge on any atom is -0.480 e. The molecule has 1 fully saturated rings. The fourth-order valence-electron chi connectivity index (χ4n) is 5.44. The number of carboxylic acid groups (broad SMARTS) is 1. The van der Waals surface area contributed by atoms with Gasteiger partial charge in [0.2, 0.25) is 0 Å². The van der Waals surface area contributed by atoms with Crippen molar-refractivity contribution in [2.75, 3.05) is 0 Å². The van der Waals surface area contributed by atoms with Crippen molar-refractivity contribution in [3.8, 4) is 0 Å². The number of carbonyl (C=O) groups excluding carboxylic acids is 1. The van der Waals surface area contributed by atoms with Crippen molar-refractivity contribution < 1.29 is 14.7 Å². The van der Waals surface area contributed by atoms with E-state index in [9.17, 15) is 14.7 Å². The van der Waals surface area contributed by atoms with Gasteiger partial charge in [0.25, 0.3) is 5.91 Å². The summed E-state index contributed by atoms with van der Waals surface area (Å²) in [5.41, 5.74) is 2.27. The van der Waals surface area contributed by atoms with Crippen molar-refractivity contribution in [1.82, 2.24) is 14.9 Å². The van der Waals surface area contributed by atoms with Gasteiger partial charge in [-0.15, -0.1) is 11.3 Å². The number of hydrogen-bond donors (Lipinski definition) is 2. The summed E-state index contributed by atoms with van der Waals surface area (Å²) in [6.07, 6.45) is 10.1. The van der Waals surface area contributed by atoms with Crippen LogP contribution in [0.1, 0.15) is 98.7 Å². The van der Waals surface area contributed by atoms with Crippen LogP contribution in [0.2, 0.25) is 0 Å². The van der Waals surface area contributed by atoms with E-state index in [1.54, 1.807) is 17.4 Å². The molecular formula is C28H37N3O3S.